The van der Waals surface area contributed by atoms with Crippen molar-refractivity contribution in [1.82, 2.24) is 9.80 Å². The molecule has 0 rings (SSSR count). The second-order valence-corrected chi connectivity index (χ2v) is 3.90. The number of nitrogens with zero attached hydrogens (tertiary/aromatic N) is 3. The number of unbranched alkanes of at least 4 members (excludes halogenated alkanes) is 3. The van der Waals surface area contributed by atoms with E-state index in [4.69, 9.17) is 0 Å². The Morgan fingerprint density at radius 3 is 2.14 bits per heavy atom. The Morgan fingerprint density at radius 2 is 1.71 bits per heavy atom. The van der Waals surface area contributed by atoms with Crippen LogP contribution in [0.4, 0.5) is 0 Å². The quantitative estimate of drug-likeness (QED) is 0.383. The van der Waals surface area contributed by atoms with Crippen LogP contribution >= 0.6 is 0 Å². The lowest BCUT2D eigenvalue weighted by atomic mass is 10.2. The first-order chi connectivity index (χ1) is 6.63. The Balaban J connectivity index is 3.76. The number of aliphatic imine (C=N–C) groups is 1. The van der Waals surface area contributed by atoms with Crippen LogP contribution in [0.2, 0.25) is 0 Å². The monoisotopic (exact) mass is 199 g/mol. The summed E-state index contributed by atoms with van der Waals surface area (Å²) in [4.78, 5) is 8.53. The number of hydrogen-bond donors (Lipinski definition) is 0. The summed E-state index contributed by atoms with van der Waals surface area (Å²) in [5.74, 6) is 1.06. The fourth-order valence-electron chi connectivity index (χ4n) is 1.59. The SMILES string of the molecule is CCCCCCN(C)/C(=N\C)N(C)C. The minimum absolute atomic E-state index is 1.06. The lowest BCUT2D eigenvalue weighted by Gasteiger charge is -2.26. The molecule has 0 saturated carbocycles. The van der Waals surface area contributed by atoms with Gasteiger partial charge in [0.2, 0.25) is 0 Å². The van der Waals surface area contributed by atoms with Crippen molar-refractivity contribution < 1.29 is 0 Å². The van der Waals surface area contributed by atoms with Gasteiger partial charge in [-0.1, -0.05) is 26.2 Å². The van der Waals surface area contributed by atoms with Crippen LogP contribution in [0.3, 0.4) is 0 Å². The van der Waals surface area contributed by atoms with Gasteiger partial charge in [0.25, 0.3) is 0 Å². The first-order valence-electron chi connectivity index (χ1n) is 5.48. The van der Waals surface area contributed by atoms with Crippen molar-refractivity contribution in [2.75, 3.05) is 34.7 Å². The molecule has 0 aliphatic rings. The summed E-state index contributed by atoms with van der Waals surface area (Å²) >= 11 is 0. The van der Waals surface area contributed by atoms with Gasteiger partial charge in [-0.15, -0.1) is 0 Å². The lowest BCUT2D eigenvalue weighted by Crippen LogP contribution is -2.38. The summed E-state index contributed by atoms with van der Waals surface area (Å²) in [6, 6.07) is 0. The van der Waals surface area contributed by atoms with E-state index in [1.165, 1.54) is 25.7 Å². The van der Waals surface area contributed by atoms with Crippen molar-refractivity contribution in [1.29, 1.82) is 0 Å². The fourth-order valence-corrected chi connectivity index (χ4v) is 1.59. The van der Waals surface area contributed by atoms with E-state index in [2.05, 4.69) is 28.8 Å². The number of guanidine groups is 1. The highest BCUT2D eigenvalue weighted by atomic mass is 15.3. The van der Waals surface area contributed by atoms with Crippen LogP contribution in [0.15, 0.2) is 4.99 Å². The van der Waals surface area contributed by atoms with E-state index in [1.54, 1.807) is 0 Å². The molecular weight excluding hydrogens is 174 g/mol. The van der Waals surface area contributed by atoms with Crippen LogP contribution in [-0.4, -0.2) is 50.5 Å². The van der Waals surface area contributed by atoms with E-state index in [0.717, 1.165) is 12.5 Å². The van der Waals surface area contributed by atoms with Crippen LogP contribution < -0.4 is 0 Å². The molecule has 14 heavy (non-hydrogen) atoms. The van der Waals surface area contributed by atoms with Crippen molar-refractivity contribution in [3.63, 3.8) is 0 Å². The van der Waals surface area contributed by atoms with E-state index in [0.29, 0.717) is 0 Å². The third-order valence-electron chi connectivity index (χ3n) is 2.29. The molecule has 0 aromatic carbocycles. The largest absolute Gasteiger partial charge is 0.349 e. The first-order valence-corrected chi connectivity index (χ1v) is 5.48. The Morgan fingerprint density at radius 1 is 1.07 bits per heavy atom. The third-order valence-corrected chi connectivity index (χ3v) is 2.29. The minimum Gasteiger partial charge on any atom is -0.349 e. The maximum absolute atomic E-state index is 4.25. The zero-order chi connectivity index (χ0) is 11.0. The van der Waals surface area contributed by atoms with Crippen molar-refractivity contribution in [3.8, 4) is 0 Å². The van der Waals surface area contributed by atoms with Crippen LogP contribution in [0.1, 0.15) is 32.6 Å². The van der Waals surface area contributed by atoms with Gasteiger partial charge in [-0.05, 0) is 6.42 Å². The van der Waals surface area contributed by atoms with Gasteiger partial charge in [-0.25, -0.2) is 0 Å². The molecule has 0 aromatic heterocycles. The van der Waals surface area contributed by atoms with Gasteiger partial charge in [-0.3, -0.25) is 4.99 Å². The molecule has 3 nitrogen and oxygen atoms in total. The molecule has 0 N–H and O–H groups in total. The van der Waals surface area contributed by atoms with E-state index in [1.807, 2.05) is 21.1 Å². The Kier molecular flexibility index (Phi) is 7.25. The Labute approximate surface area is 88.8 Å². The zero-order valence-electron chi connectivity index (χ0n) is 10.4. The van der Waals surface area contributed by atoms with E-state index in [9.17, 15) is 0 Å². The minimum atomic E-state index is 1.06. The maximum atomic E-state index is 4.25. The van der Waals surface area contributed by atoms with Gasteiger partial charge in [0.1, 0.15) is 0 Å². The summed E-state index contributed by atoms with van der Waals surface area (Å²) in [6.45, 7) is 3.34. The molecule has 84 valence electrons. The predicted octanol–water partition coefficient (Wildman–Crippen LogP) is 2.05. The summed E-state index contributed by atoms with van der Waals surface area (Å²) in [7, 11) is 8.02. The molecule has 0 radical (unpaired) electrons. The molecular formula is C11H25N3. The maximum Gasteiger partial charge on any atom is 0.195 e. The molecule has 0 aromatic rings. The second kappa shape index (κ2) is 7.65. The molecule has 0 atom stereocenters. The highest BCUT2D eigenvalue weighted by molar-refractivity contribution is 5.79. The van der Waals surface area contributed by atoms with Crippen molar-refractivity contribution >= 4 is 5.96 Å². The molecule has 0 aliphatic carbocycles. The van der Waals surface area contributed by atoms with Crippen molar-refractivity contribution in [3.05, 3.63) is 0 Å². The average molecular weight is 199 g/mol. The van der Waals surface area contributed by atoms with Gasteiger partial charge in [-0.2, -0.15) is 0 Å². The Hall–Kier alpha value is -0.730. The van der Waals surface area contributed by atoms with Crippen LogP contribution in [0, 0.1) is 0 Å². The molecule has 0 aliphatic heterocycles. The summed E-state index contributed by atoms with van der Waals surface area (Å²) in [6.07, 6.45) is 5.23. The first kappa shape index (κ1) is 13.3. The van der Waals surface area contributed by atoms with E-state index < -0.39 is 0 Å². The molecule has 0 heterocycles. The smallest absolute Gasteiger partial charge is 0.195 e. The van der Waals surface area contributed by atoms with Crippen molar-refractivity contribution in [2.45, 2.75) is 32.6 Å². The highest BCUT2D eigenvalue weighted by Gasteiger charge is 2.06. The van der Waals surface area contributed by atoms with Gasteiger partial charge >= 0.3 is 0 Å². The standard InChI is InChI=1S/C11H25N3/c1-6-7-8-9-10-14(5)11(12-2)13(3)4/h6-10H2,1-5H3/b12-11-. The normalized spacial score (nSPS) is 11.6. The molecule has 0 saturated heterocycles. The van der Waals surface area contributed by atoms with Crippen LogP contribution in [-0.2, 0) is 0 Å². The number of rotatable bonds is 5. The molecule has 0 unspecified atom stereocenters. The van der Waals surface area contributed by atoms with Gasteiger partial charge in [0.05, 0.1) is 0 Å². The lowest BCUT2D eigenvalue weighted by molar-refractivity contribution is 0.408. The predicted molar refractivity (Wildman–Crippen MR) is 63.8 cm³/mol. The van der Waals surface area contributed by atoms with Gasteiger partial charge < -0.3 is 9.80 Å². The Bertz CT molecular complexity index is 164. The molecule has 0 amide bonds. The van der Waals surface area contributed by atoms with Gasteiger partial charge in [0.15, 0.2) is 5.96 Å². The number of hydrogen-bond acceptors (Lipinski definition) is 1. The van der Waals surface area contributed by atoms with Crippen LogP contribution in [0.25, 0.3) is 0 Å². The van der Waals surface area contributed by atoms with Crippen LogP contribution in [0.5, 0.6) is 0 Å². The molecule has 0 spiro atoms. The van der Waals surface area contributed by atoms with Gasteiger partial charge in [0, 0.05) is 34.7 Å². The molecule has 0 bridgehead atoms. The highest BCUT2D eigenvalue weighted by Crippen LogP contribution is 2.01. The molecule has 0 fully saturated rings. The molecule has 3 heteroatoms. The fraction of sp³-hybridized carbons (Fsp3) is 0.909. The second-order valence-electron chi connectivity index (χ2n) is 3.90. The summed E-state index contributed by atoms with van der Waals surface area (Å²) in [5, 5.41) is 0. The zero-order valence-corrected chi connectivity index (χ0v) is 10.4. The summed E-state index contributed by atoms with van der Waals surface area (Å²) < 4.78 is 0. The topological polar surface area (TPSA) is 18.8 Å². The average Bonchev–Trinajstić information content (AvgIpc) is 2.13. The third kappa shape index (κ3) is 5.10. The summed E-state index contributed by atoms with van der Waals surface area (Å²) in [5.41, 5.74) is 0. The van der Waals surface area contributed by atoms with E-state index in [-0.39, 0.29) is 0 Å². The van der Waals surface area contributed by atoms with Crippen molar-refractivity contribution in [2.24, 2.45) is 4.99 Å². The van der Waals surface area contributed by atoms with E-state index >= 15 is 0 Å².